The minimum absolute atomic E-state index is 0.146. The summed E-state index contributed by atoms with van der Waals surface area (Å²) < 4.78 is 1.21. The molecule has 0 bridgehead atoms. The minimum Gasteiger partial charge on any atom is -0.348 e. The van der Waals surface area contributed by atoms with E-state index >= 15 is 0 Å². The van der Waals surface area contributed by atoms with Crippen molar-refractivity contribution in [3.8, 4) is 0 Å². The number of hydrogen-bond acceptors (Lipinski definition) is 3. The fraction of sp³-hybridized carbons (Fsp3) is 0.500. The minimum atomic E-state index is 0.146. The van der Waals surface area contributed by atoms with E-state index in [9.17, 15) is 4.79 Å². The van der Waals surface area contributed by atoms with Crippen molar-refractivity contribution < 1.29 is 9.69 Å². The molecule has 1 unspecified atom stereocenters. The highest BCUT2D eigenvalue weighted by Gasteiger charge is 2.29. The topological polar surface area (TPSA) is 46.4 Å². The SMILES string of the molecule is C[C@H](NC(=O)C[NH+](C)Cc1nc2ccccc2s1)C1CC1. The first-order valence-electron chi connectivity index (χ1n) is 7.57. The van der Waals surface area contributed by atoms with Crippen molar-refractivity contribution in [1.29, 1.82) is 0 Å². The van der Waals surface area contributed by atoms with E-state index in [0.29, 0.717) is 18.5 Å². The predicted molar refractivity (Wildman–Crippen MR) is 85.4 cm³/mol. The van der Waals surface area contributed by atoms with Crippen LogP contribution in [0.5, 0.6) is 0 Å². The van der Waals surface area contributed by atoms with Gasteiger partial charge in [-0.2, -0.15) is 0 Å². The highest BCUT2D eigenvalue weighted by atomic mass is 32.1. The second-order valence-electron chi connectivity index (χ2n) is 6.08. The molecule has 1 aliphatic rings. The number of likely N-dealkylation sites (N-methyl/N-ethyl adjacent to an activating group) is 1. The Labute approximate surface area is 129 Å². The molecular formula is C16H22N3OS+. The molecule has 0 aliphatic heterocycles. The Morgan fingerprint density at radius 2 is 2.24 bits per heavy atom. The van der Waals surface area contributed by atoms with Gasteiger partial charge in [-0.15, -0.1) is 11.3 Å². The molecule has 1 heterocycles. The molecule has 0 radical (unpaired) electrons. The van der Waals surface area contributed by atoms with Crippen molar-refractivity contribution in [3.05, 3.63) is 29.3 Å². The van der Waals surface area contributed by atoms with Crippen LogP contribution in [-0.4, -0.2) is 30.5 Å². The summed E-state index contributed by atoms with van der Waals surface area (Å²) in [4.78, 5) is 17.8. The van der Waals surface area contributed by atoms with Gasteiger partial charge in [-0.25, -0.2) is 4.98 Å². The zero-order chi connectivity index (χ0) is 14.8. The molecule has 1 amide bonds. The summed E-state index contributed by atoms with van der Waals surface area (Å²) in [7, 11) is 2.05. The van der Waals surface area contributed by atoms with E-state index in [-0.39, 0.29) is 5.91 Å². The number of benzene rings is 1. The average Bonchev–Trinajstić information content (AvgIpc) is 3.19. The number of amides is 1. The molecule has 3 rings (SSSR count). The second kappa shape index (κ2) is 6.12. The fourth-order valence-electron chi connectivity index (χ4n) is 2.61. The van der Waals surface area contributed by atoms with Crippen LogP contribution in [0.3, 0.4) is 0 Å². The highest BCUT2D eigenvalue weighted by molar-refractivity contribution is 7.18. The van der Waals surface area contributed by atoms with E-state index in [4.69, 9.17) is 0 Å². The van der Waals surface area contributed by atoms with Crippen LogP contribution in [0.1, 0.15) is 24.8 Å². The zero-order valence-electron chi connectivity index (χ0n) is 12.6. The summed E-state index contributed by atoms with van der Waals surface area (Å²) in [6, 6.07) is 8.50. The van der Waals surface area contributed by atoms with E-state index in [2.05, 4.69) is 23.3 Å². The Hall–Kier alpha value is -1.46. The van der Waals surface area contributed by atoms with E-state index in [1.54, 1.807) is 11.3 Å². The zero-order valence-corrected chi connectivity index (χ0v) is 13.4. The predicted octanol–water partition coefficient (Wildman–Crippen LogP) is 1.23. The molecule has 1 fully saturated rings. The van der Waals surface area contributed by atoms with Gasteiger partial charge in [0.05, 0.1) is 17.3 Å². The van der Waals surface area contributed by atoms with Gasteiger partial charge in [0.15, 0.2) is 6.54 Å². The average molecular weight is 304 g/mol. The maximum Gasteiger partial charge on any atom is 0.275 e. The first-order valence-corrected chi connectivity index (χ1v) is 8.38. The lowest BCUT2D eigenvalue weighted by Crippen LogP contribution is -3.09. The third kappa shape index (κ3) is 3.80. The molecule has 1 aromatic carbocycles. The van der Waals surface area contributed by atoms with Crippen molar-refractivity contribution in [1.82, 2.24) is 10.3 Å². The van der Waals surface area contributed by atoms with Crippen molar-refractivity contribution in [2.24, 2.45) is 5.92 Å². The molecule has 1 aliphatic carbocycles. The van der Waals surface area contributed by atoms with Crippen molar-refractivity contribution in [2.45, 2.75) is 32.4 Å². The number of rotatable bonds is 6. The molecule has 112 valence electrons. The highest BCUT2D eigenvalue weighted by Crippen LogP contribution is 2.32. The summed E-state index contributed by atoms with van der Waals surface area (Å²) in [6.07, 6.45) is 2.52. The summed E-state index contributed by atoms with van der Waals surface area (Å²) >= 11 is 1.72. The first-order chi connectivity index (χ1) is 10.1. The van der Waals surface area contributed by atoms with Crippen molar-refractivity contribution >= 4 is 27.5 Å². The van der Waals surface area contributed by atoms with Crippen LogP contribution >= 0.6 is 11.3 Å². The second-order valence-corrected chi connectivity index (χ2v) is 7.19. The van der Waals surface area contributed by atoms with Crippen LogP contribution in [0.4, 0.5) is 0 Å². The summed E-state index contributed by atoms with van der Waals surface area (Å²) in [5, 5.41) is 4.20. The number of thiazole rings is 1. The quantitative estimate of drug-likeness (QED) is 0.843. The molecule has 2 atom stereocenters. The van der Waals surface area contributed by atoms with Crippen LogP contribution in [-0.2, 0) is 11.3 Å². The number of fused-ring (bicyclic) bond motifs is 1. The lowest BCUT2D eigenvalue weighted by Gasteiger charge is -2.15. The standard InChI is InChI=1S/C16H21N3OS/c1-11(12-7-8-12)17-15(20)9-19(2)10-16-18-13-5-3-4-6-14(13)21-16/h3-6,11-12H,7-10H2,1-2H3,(H,17,20)/p+1/t11-/m0/s1. The van der Waals surface area contributed by atoms with Crippen LogP contribution in [0.15, 0.2) is 24.3 Å². The van der Waals surface area contributed by atoms with Gasteiger partial charge in [0.1, 0.15) is 11.6 Å². The van der Waals surface area contributed by atoms with Gasteiger partial charge in [-0.1, -0.05) is 12.1 Å². The maximum atomic E-state index is 12.0. The summed E-state index contributed by atoms with van der Waals surface area (Å²) in [6.45, 7) is 3.41. The van der Waals surface area contributed by atoms with Crippen molar-refractivity contribution in [2.75, 3.05) is 13.6 Å². The van der Waals surface area contributed by atoms with Crippen molar-refractivity contribution in [3.63, 3.8) is 0 Å². The van der Waals surface area contributed by atoms with Gasteiger partial charge < -0.3 is 10.2 Å². The van der Waals surface area contributed by atoms with Gasteiger partial charge in [0, 0.05) is 6.04 Å². The molecule has 0 spiro atoms. The van der Waals surface area contributed by atoms with Gasteiger partial charge in [0.25, 0.3) is 5.91 Å². The third-order valence-electron chi connectivity index (χ3n) is 3.97. The van der Waals surface area contributed by atoms with E-state index in [0.717, 1.165) is 17.1 Å². The Kier molecular flexibility index (Phi) is 4.22. The number of hydrogen-bond donors (Lipinski definition) is 2. The first kappa shape index (κ1) is 14.5. The summed E-state index contributed by atoms with van der Waals surface area (Å²) in [5.74, 6) is 0.853. The van der Waals surface area contributed by atoms with Crippen LogP contribution in [0.25, 0.3) is 10.2 Å². The smallest absolute Gasteiger partial charge is 0.275 e. The molecule has 4 nitrogen and oxygen atoms in total. The van der Waals surface area contributed by atoms with E-state index in [1.165, 1.54) is 22.4 Å². The van der Waals surface area contributed by atoms with Gasteiger partial charge >= 0.3 is 0 Å². The van der Waals surface area contributed by atoms with Gasteiger partial charge in [-0.05, 0) is 37.8 Å². The molecule has 1 aromatic heterocycles. The summed E-state index contributed by atoms with van der Waals surface area (Å²) in [5.41, 5.74) is 1.05. The number of nitrogens with one attached hydrogen (secondary N) is 2. The van der Waals surface area contributed by atoms with Gasteiger partial charge in [-0.3, -0.25) is 4.79 Å². The molecule has 0 saturated heterocycles. The molecule has 21 heavy (non-hydrogen) atoms. The van der Waals surface area contributed by atoms with E-state index < -0.39 is 0 Å². The molecule has 2 N–H and O–H groups in total. The molecule has 5 heteroatoms. The number of quaternary nitrogens is 1. The Balaban J connectivity index is 1.53. The molecule has 2 aromatic rings. The van der Waals surface area contributed by atoms with E-state index in [1.807, 2.05) is 25.2 Å². The monoisotopic (exact) mass is 304 g/mol. The number of para-hydroxylation sites is 1. The van der Waals surface area contributed by atoms with Crippen LogP contribution in [0, 0.1) is 5.92 Å². The molecular weight excluding hydrogens is 282 g/mol. The Morgan fingerprint density at radius 1 is 1.48 bits per heavy atom. The number of carbonyl (C=O) groups excluding carboxylic acids is 1. The normalized spacial score (nSPS) is 17.6. The fourth-order valence-corrected chi connectivity index (χ4v) is 3.69. The number of aromatic nitrogens is 1. The number of carbonyl (C=O) groups is 1. The Bertz CT molecular complexity index is 602. The lowest BCUT2D eigenvalue weighted by molar-refractivity contribution is -0.885. The third-order valence-corrected chi connectivity index (χ3v) is 5.01. The maximum absolute atomic E-state index is 12.0. The lowest BCUT2D eigenvalue weighted by atomic mass is 10.2. The largest absolute Gasteiger partial charge is 0.348 e. The van der Waals surface area contributed by atoms with Crippen LogP contribution < -0.4 is 10.2 Å². The number of nitrogens with zero attached hydrogens (tertiary/aromatic N) is 1. The van der Waals surface area contributed by atoms with Gasteiger partial charge in [0.2, 0.25) is 0 Å². The van der Waals surface area contributed by atoms with Crippen LogP contribution in [0.2, 0.25) is 0 Å². The molecule has 1 saturated carbocycles. The Morgan fingerprint density at radius 3 is 2.95 bits per heavy atom.